The zero-order chi connectivity index (χ0) is 15.6. The zero-order valence-electron chi connectivity index (χ0n) is 11.1. The minimum Gasteiger partial charge on any atom is -0.399 e. The summed E-state index contributed by atoms with van der Waals surface area (Å²) in [6, 6.07) is 6.37. The van der Waals surface area contributed by atoms with Crippen LogP contribution in [-0.4, -0.2) is 15.7 Å². The molecule has 0 spiro atoms. The molecule has 5 nitrogen and oxygen atoms in total. The number of hydrogen-bond donors (Lipinski definition) is 2. The van der Waals surface area contributed by atoms with Crippen molar-refractivity contribution in [1.82, 2.24) is 9.78 Å². The molecule has 2 aromatic rings. The van der Waals surface area contributed by atoms with Gasteiger partial charge in [0.15, 0.2) is 5.69 Å². The van der Waals surface area contributed by atoms with Crippen LogP contribution in [0, 0.1) is 0 Å². The van der Waals surface area contributed by atoms with Gasteiger partial charge in [0.2, 0.25) is 5.91 Å². The molecule has 0 aliphatic heterocycles. The highest BCUT2D eigenvalue weighted by Crippen LogP contribution is 2.28. The number of nitrogens with two attached hydrogens (primary N) is 1. The average molecular weight is 298 g/mol. The van der Waals surface area contributed by atoms with Gasteiger partial charge in [0, 0.05) is 17.6 Å². The quantitative estimate of drug-likeness (QED) is 0.856. The van der Waals surface area contributed by atoms with Gasteiger partial charge in [-0.2, -0.15) is 18.3 Å². The van der Waals surface area contributed by atoms with Crippen molar-refractivity contribution in [3.8, 4) is 0 Å². The maximum absolute atomic E-state index is 12.5. The first-order valence-electron chi connectivity index (χ1n) is 6.06. The minimum atomic E-state index is -4.53. The fourth-order valence-electron chi connectivity index (χ4n) is 1.64. The van der Waals surface area contributed by atoms with E-state index in [0.29, 0.717) is 11.4 Å². The molecule has 1 atom stereocenters. The van der Waals surface area contributed by atoms with E-state index in [-0.39, 0.29) is 0 Å². The van der Waals surface area contributed by atoms with E-state index in [0.717, 1.165) is 16.9 Å². The number of carbonyl (C=O) groups excluding carboxylic acids is 1. The van der Waals surface area contributed by atoms with E-state index in [1.54, 1.807) is 24.3 Å². The number of rotatable bonds is 3. The number of halogens is 3. The van der Waals surface area contributed by atoms with Crippen LogP contribution in [-0.2, 0) is 11.0 Å². The first kappa shape index (κ1) is 14.9. The second kappa shape index (κ2) is 5.47. The van der Waals surface area contributed by atoms with Crippen molar-refractivity contribution >= 4 is 17.3 Å². The maximum atomic E-state index is 12.5. The van der Waals surface area contributed by atoms with Gasteiger partial charge in [0.05, 0.1) is 0 Å². The zero-order valence-corrected chi connectivity index (χ0v) is 11.1. The van der Waals surface area contributed by atoms with Crippen molar-refractivity contribution in [3.05, 3.63) is 42.2 Å². The second-order valence-corrected chi connectivity index (χ2v) is 4.47. The molecule has 0 saturated carbocycles. The van der Waals surface area contributed by atoms with Gasteiger partial charge in [-0.25, -0.2) is 0 Å². The predicted octanol–water partition coefficient (Wildman–Crippen LogP) is 2.68. The molecule has 8 heteroatoms. The Morgan fingerprint density at radius 1 is 1.29 bits per heavy atom. The molecule has 1 aromatic heterocycles. The molecule has 0 aliphatic carbocycles. The van der Waals surface area contributed by atoms with Crippen LogP contribution < -0.4 is 11.1 Å². The third kappa shape index (κ3) is 3.53. The van der Waals surface area contributed by atoms with Gasteiger partial charge in [0.1, 0.15) is 6.04 Å². The van der Waals surface area contributed by atoms with E-state index in [9.17, 15) is 18.0 Å². The van der Waals surface area contributed by atoms with E-state index in [2.05, 4.69) is 10.4 Å². The molecule has 21 heavy (non-hydrogen) atoms. The number of nitrogens with zero attached hydrogens (tertiary/aromatic N) is 2. The molecular weight excluding hydrogens is 285 g/mol. The first-order chi connectivity index (χ1) is 9.77. The summed E-state index contributed by atoms with van der Waals surface area (Å²) in [4.78, 5) is 12.0. The second-order valence-electron chi connectivity index (χ2n) is 4.47. The van der Waals surface area contributed by atoms with Crippen LogP contribution in [0.2, 0.25) is 0 Å². The summed E-state index contributed by atoms with van der Waals surface area (Å²) < 4.78 is 38.4. The molecule has 112 valence electrons. The molecule has 0 bridgehead atoms. The third-order valence-electron chi connectivity index (χ3n) is 2.85. The average Bonchev–Trinajstić information content (AvgIpc) is 2.90. The number of benzene rings is 1. The van der Waals surface area contributed by atoms with Gasteiger partial charge in [-0.1, -0.05) is 0 Å². The molecule has 0 saturated heterocycles. The van der Waals surface area contributed by atoms with Gasteiger partial charge in [0.25, 0.3) is 0 Å². The van der Waals surface area contributed by atoms with E-state index < -0.39 is 23.8 Å². The molecule has 0 radical (unpaired) electrons. The molecular formula is C13H13F3N4O. The summed E-state index contributed by atoms with van der Waals surface area (Å²) in [5.41, 5.74) is 5.53. The van der Waals surface area contributed by atoms with Crippen molar-refractivity contribution in [2.45, 2.75) is 19.1 Å². The number of aromatic nitrogens is 2. The monoisotopic (exact) mass is 298 g/mol. The number of hydrogen-bond acceptors (Lipinski definition) is 3. The predicted molar refractivity (Wildman–Crippen MR) is 71.4 cm³/mol. The summed E-state index contributed by atoms with van der Waals surface area (Å²) in [7, 11) is 0. The van der Waals surface area contributed by atoms with Crippen molar-refractivity contribution in [1.29, 1.82) is 0 Å². The summed E-state index contributed by atoms with van der Waals surface area (Å²) in [6.07, 6.45) is -3.41. The maximum Gasteiger partial charge on any atom is 0.435 e. The van der Waals surface area contributed by atoms with Crippen molar-refractivity contribution in [2.24, 2.45) is 0 Å². The lowest BCUT2D eigenvalue weighted by Crippen LogP contribution is -2.24. The fraction of sp³-hybridized carbons (Fsp3) is 0.231. The highest BCUT2D eigenvalue weighted by atomic mass is 19.4. The first-order valence-corrected chi connectivity index (χ1v) is 6.06. The van der Waals surface area contributed by atoms with Gasteiger partial charge in [-0.05, 0) is 37.3 Å². The Morgan fingerprint density at radius 3 is 2.43 bits per heavy atom. The van der Waals surface area contributed by atoms with Gasteiger partial charge >= 0.3 is 6.18 Å². The van der Waals surface area contributed by atoms with Crippen LogP contribution in [0.25, 0.3) is 0 Å². The third-order valence-corrected chi connectivity index (χ3v) is 2.85. The number of anilines is 2. The highest BCUT2D eigenvalue weighted by molar-refractivity contribution is 5.93. The normalized spacial score (nSPS) is 13.0. The van der Waals surface area contributed by atoms with Crippen molar-refractivity contribution in [3.63, 3.8) is 0 Å². The Bertz CT molecular complexity index is 634. The topological polar surface area (TPSA) is 72.9 Å². The smallest absolute Gasteiger partial charge is 0.399 e. The Kier molecular flexibility index (Phi) is 3.88. The van der Waals surface area contributed by atoms with E-state index in [1.807, 2.05) is 0 Å². The van der Waals surface area contributed by atoms with Crippen LogP contribution in [0.3, 0.4) is 0 Å². The molecule has 2 rings (SSSR count). The summed E-state index contributed by atoms with van der Waals surface area (Å²) >= 11 is 0. The molecule has 1 aromatic carbocycles. The number of nitrogens with one attached hydrogen (secondary N) is 1. The number of alkyl halides is 3. The Morgan fingerprint density at radius 2 is 1.90 bits per heavy atom. The molecule has 0 aliphatic rings. The Balaban J connectivity index is 2.08. The van der Waals surface area contributed by atoms with Crippen LogP contribution in [0.5, 0.6) is 0 Å². The highest BCUT2D eigenvalue weighted by Gasteiger charge is 2.34. The molecule has 3 N–H and O–H groups in total. The largest absolute Gasteiger partial charge is 0.435 e. The fourth-order valence-corrected chi connectivity index (χ4v) is 1.64. The van der Waals surface area contributed by atoms with Crippen molar-refractivity contribution in [2.75, 3.05) is 11.1 Å². The minimum absolute atomic E-state index is 0.475. The van der Waals surface area contributed by atoms with Gasteiger partial charge in [-0.15, -0.1) is 0 Å². The standard InChI is InChI=1S/C13H13F3N4O/c1-8(20-7-6-11(19-20)13(14,15)16)12(21)18-10-4-2-9(17)3-5-10/h2-8H,17H2,1H3,(H,18,21). The molecule has 1 amide bonds. The van der Waals surface area contributed by atoms with Crippen LogP contribution in [0.15, 0.2) is 36.5 Å². The molecule has 1 heterocycles. The number of amides is 1. The van der Waals surface area contributed by atoms with E-state index in [1.165, 1.54) is 6.92 Å². The summed E-state index contributed by atoms with van der Waals surface area (Å²) in [5, 5.41) is 5.95. The Labute approximate surface area is 118 Å². The van der Waals surface area contributed by atoms with E-state index >= 15 is 0 Å². The molecule has 0 fully saturated rings. The SMILES string of the molecule is CC(C(=O)Nc1ccc(N)cc1)n1ccc(C(F)(F)F)n1. The van der Waals surface area contributed by atoms with Gasteiger partial charge < -0.3 is 11.1 Å². The number of nitrogen functional groups attached to an aromatic ring is 1. The van der Waals surface area contributed by atoms with Crippen LogP contribution >= 0.6 is 0 Å². The lowest BCUT2D eigenvalue weighted by Gasteiger charge is -2.13. The lowest BCUT2D eigenvalue weighted by molar-refractivity contribution is -0.141. The van der Waals surface area contributed by atoms with Crippen LogP contribution in [0.1, 0.15) is 18.7 Å². The van der Waals surface area contributed by atoms with Crippen molar-refractivity contribution < 1.29 is 18.0 Å². The number of carbonyl (C=O) groups is 1. The van der Waals surface area contributed by atoms with Gasteiger partial charge in [-0.3, -0.25) is 9.48 Å². The lowest BCUT2D eigenvalue weighted by atomic mass is 10.2. The molecule has 1 unspecified atom stereocenters. The Hall–Kier alpha value is -2.51. The van der Waals surface area contributed by atoms with E-state index in [4.69, 9.17) is 5.73 Å². The summed E-state index contributed by atoms with van der Waals surface area (Å²) in [5.74, 6) is -0.475. The summed E-state index contributed by atoms with van der Waals surface area (Å²) in [6.45, 7) is 1.46. The van der Waals surface area contributed by atoms with Crippen LogP contribution in [0.4, 0.5) is 24.5 Å².